The lowest BCUT2D eigenvalue weighted by Gasteiger charge is -2.45. The Hall–Kier alpha value is -0.580. The van der Waals surface area contributed by atoms with Crippen molar-refractivity contribution >= 4 is 0 Å². The smallest absolute Gasteiger partial charge is 0.382 e. The zero-order chi connectivity index (χ0) is 34.7. The van der Waals surface area contributed by atoms with E-state index in [1.807, 2.05) is 0 Å². The van der Waals surface area contributed by atoms with E-state index in [0.29, 0.717) is 48.0 Å². The Labute approximate surface area is 278 Å². The van der Waals surface area contributed by atoms with Crippen molar-refractivity contribution in [3.05, 3.63) is 0 Å². The molecule has 16 unspecified atom stereocenters. The van der Waals surface area contributed by atoms with Crippen molar-refractivity contribution in [1.29, 1.82) is 0 Å². The fourth-order valence-corrected chi connectivity index (χ4v) is 12.1. The molecule has 6 bridgehead atoms. The van der Waals surface area contributed by atoms with Gasteiger partial charge in [0.15, 0.2) is 11.2 Å². The number of fused-ring (bicyclic) bond motifs is 11. The Morgan fingerprint density at radius 2 is 1.09 bits per heavy atom. The molecule has 6 fully saturated rings. The molecule has 6 aliphatic carbocycles. The van der Waals surface area contributed by atoms with E-state index in [-0.39, 0.29) is 44.7 Å². The summed E-state index contributed by atoms with van der Waals surface area (Å²) in [5.41, 5.74) is -4.11. The molecule has 6 rings (SSSR count). The van der Waals surface area contributed by atoms with Crippen LogP contribution in [0.4, 0.5) is 26.3 Å². The van der Waals surface area contributed by atoms with Gasteiger partial charge in [0, 0.05) is 13.7 Å². The number of ether oxygens (including phenoxy) is 4. The maximum Gasteiger partial charge on any atom is 0.417 e. The predicted molar refractivity (Wildman–Crippen MR) is 168 cm³/mol. The van der Waals surface area contributed by atoms with Gasteiger partial charge in [0.05, 0.1) is 13.2 Å². The summed E-state index contributed by atoms with van der Waals surface area (Å²) >= 11 is 0. The molecule has 0 amide bonds. The van der Waals surface area contributed by atoms with E-state index in [9.17, 15) is 26.3 Å². The lowest BCUT2D eigenvalue weighted by Crippen LogP contribution is -2.48. The third-order valence-corrected chi connectivity index (χ3v) is 14.9. The van der Waals surface area contributed by atoms with Crippen LogP contribution in [-0.4, -0.2) is 57.3 Å². The van der Waals surface area contributed by atoms with Gasteiger partial charge in [-0.15, -0.1) is 0 Å². The summed E-state index contributed by atoms with van der Waals surface area (Å²) in [6, 6.07) is 0. The molecule has 16 atom stereocenters. The molecule has 0 aliphatic heterocycles. The standard InChI is InChI=1S/C22H35F3O3.C15H25F3O/c1-12-13(2)17-9-16(12)19-14-7-15(18(8-14)20(17)19)10-21(3,22(23,24)25)28-11-27-6-5-26-4;1-5-19-14(4,15(16,17)18)8-12-6-11-7-13(12)10(3)9(11)2/h12-20H,5-11H2,1-4H3;9-13H,5-8H2,1-4H3. The molecule has 274 valence electrons. The zero-order valence-corrected chi connectivity index (χ0v) is 29.8. The van der Waals surface area contributed by atoms with E-state index in [0.717, 1.165) is 55.3 Å². The molecule has 0 aromatic heterocycles. The van der Waals surface area contributed by atoms with Crippen LogP contribution in [-0.2, 0) is 18.9 Å². The van der Waals surface area contributed by atoms with Crippen molar-refractivity contribution in [1.82, 2.24) is 0 Å². The molecule has 6 aliphatic rings. The van der Waals surface area contributed by atoms with Crippen molar-refractivity contribution in [3.8, 4) is 0 Å². The van der Waals surface area contributed by atoms with Crippen LogP contribution in [0, 0.1) is 82.9 Å². The molecular formula is C37H60F6O4. The van der Waals surface area contributed by atoms with Crippen LogP contribution in [0.1, 0.15) is 93.4 Å². The van der Waals surface area contributed by atoms with Gasteiger partial charge in [0.1, 0.15) is 6.79 Å². The van der Waals surface area contributed by atoms with Crippen molar-refractivity contribution in [2.45, 2.75) is 117 Å². The fraction of sp³-hybridized carbons (Fsp3) is 1.00. The Bertz CT molecular complexity index is 1050. The third-order valence-electron chi connectivity index (χ3n) is 14.9. The first-order valence-corrected chi connectivity index (χ1v) is 18.3. The van der Waals surface area contributed by atoms with Crippen LogP contribution in [0.25, 0.3) is 0 Å². The van der Waals surface area contributed by atoms with Gasteiger partial charge in [-0.1, -0.05) is 27.7 Å². The lowest BCUT2D eigenvalue weighted by atomic mass is 9.61. The SMILES string of the molecule is CCOC(C)(CC1CC2CC1C(C)C2C)C(F)(F)F.COCCOCOC(C)(CC1CC2CC1C1C3CC(C(C)C3C)C21)C(F)(F)F. The second-order valence-corrected chi connectivity index (χ2v) is 16.9. The molecular weight excluding hydrogens is 622 g/mol. The number of hydrogen-bond acceptors (Lipinski definition) is 4. The zero-order valence-electron chi connectivity index (χ0n) is 29.8. The normalized spacial score (nSPS) is 44.3. The molecule has 0 spiro atoms. The fourth-order valence-electron chi connectivity index (χ4n) is 12.1. The van der Waals surface area contributed by atoms with Gasteiger partial charge in [-0.25, -0.2) is 0 Å². The molecule has 0 aromatic rings. The highest BCUT2D eigenvalue weighted by Gasteiger charge is 2.67. The highest BCUT2D eigenvalue weighted by molar-refractivity contribution is 5.14. The summed E-state index contributed by atoms with van der Waals surface area (Å²) in [4.78, 5) is 0. The third kappa shape index (κ3) is 6.90. The van der Waals surface area contributed by atoms with E-state index in [1.165, 1.54) is 27.4 Å². The molecule has 47 heavy (non-hydrogen) atoms. The maximum absolute atomic E-state index is 13.9. The second kappa shape index (κ2) is 13.9. The number of methoxy groups -OCH3 is 1. The van der Waals surface area contributed by atoms with Crippen molar-refractivity contribution in [2.24, 2.45) is 82.9 Å². The minimum Gasteiger partial charge on any atom is -0.382 e. The molecule has 4 nitrogen and oxygen atoms in total. The van der Waals surface area contributed by atoms with E-state index >= 15 is 0 Å². The van der Waals surface area contributed by atoms with Crippen LogP contribution < -0.4 is 0 Å². The highest BCUT2D eigenvalue weighted by Crippen LogP contribution is 2.72. The molecule has 10 heteroatoms. The van der Waals surface area contributed by atoms with Gasteiger partial charge in [-0.3, -0.25) is 0 Å². The van der Waals surface area contributed by atoms with Gasteiger partial charge in [-0.05, 0) is 149 Å². The molecule has 0 N–H and O–H groups in total. The quantitative estimate of drug-likeness (QED) is 0.0889. The van der Waals surface area contributed by atoms with Gasteiger partial charge in [0.25, 0.3) is 0 Å². The monoisotopic (exact) mass is 682 g/mol. The second-order valence-electron chi connectivity index (χ2n) is 16.9. The predicted octanol–water partition coefficient (Wildman–Crippen LogP) is 9.81. The van der Waals surface area contributed by atoms with Crippen LogP contribution in [0.15, 0.2) is 0 Å². The van der Waals surface area contributed by atoms with Crippen molar-refractivity contribution in [3.63, 3.8) is 0 Å². The van der Waals surface area contributed by atoms with E-state index < -0.39 is 23.6 Å². The first-order valence-electron chi connectivity index (χ1n) is 18.3. The lowest BCUT2D eigenvalue weighted by molar-refractivity contribution is -0.299. The minimum atomic E-state index is -4.39. The summed E-state index contributed by atoms with van der Waals surface area (Å²) < 4.78 is 102. The molecule has 0 heterocycles. The largest absolute Gasteiger partial charge is 0.417 e. The summed E-state index contributed by atoms with van der Waals surface area (Å²) in [6.07, 6.45) is -2.99. The first kappa shape index (κ1) is 37.7. The average Bonchev–Trinajstić information content (AvgIpc) is 3.81. The Kier molecular flexibility index (Phi) is 11.1. The maximum atomic E-state index is 13.9. The summed E-state index contributed by atoms with van der Waals surface area (Å²) in [5.74, 6) is 8.23. The van der Waals surface area contributed by atoms with E-state index in [1.54, 1.807) is 6.92 Å². The van der Waals surface area contributed by atoms with Crippen LogP contribution in [0.2, 0.25) is 0 Å². The number of alkyl halides is 6. The van der Waals surface area contributed by atoms with Gasteiger partial charge in [0.2, 0.25) is 0 Å². The van der Waals surface area contributed by atoms with Crippen LogP contribution in [0.3, 0.4) is 0 Å². The number of halogens is 6. The first-order chi connectivity index (χ1) is 21.9. The molecule has 0 radical (unpaired) electrons. The highest BCUT2D eigenvalue weighted by atomic mass is 19.4. The molecule has 0 saturated heterocycles. The number of hydrogen-bond donors (Lipinski definition) is 0. The van der Waals surface area contributed by atoms with Crippen LogP contribution in [0.5, 0.6) is 0 Å². The summed E-state index contributed by atoms with van der Waals surface area (Å²) in [5, 5.41) is 0. The van der Waals surface area contributed by atoms with Gasteiger partial charge < -0.3 is 18.9 Å². The Morgan fingerprint density at radius 1 is 0.574 bits per heavy atom. The molecule has 6 saturated carbocycles. The summed E-state index contributed by atoms with van der Waals surface area (Å²) in [7, 11) is 1.53. The minimum absolute atomic E-state index is 0.0653. The topological polar surface area (TPSA) is 36.9 Å². The summed E-state index contributed by atoms with van der Waals surface area (Å²) in [6.45, 7) is 13.6. The average molecular weight is 683 g/mol. The van der Waals surface area contributed by atoms with E-state index in [4.69, 9.17) is 18.9 Å². The van der Waals surface area contributed by atoms with Crippen molar-refractivity contribution in [2.75, 3.05) is 33.7 Å². The number of rotatable bonds is 12. The van der Waals surface area contributed by atoms with Crippen LogP contribution >= 0.6 is 0 Å². The molecule has 0 aromatic carbocycles. The van der Waals surface area contributed by atoms with Crippen molar-refractivity contribution < 1.29 is 45.3 Å². The van der Waals surface area contributed by atoms with Gasteiger partial charge >= 0.3 is 12.4 Å². The Morgan fingerprint density at radius 3 is 1.62 bits per heavy atom. The van der Waals surface area contributed by atoms with Gasteiger partial charge in [-0.2, -0.15) is 26.3 Å². The van der Waals surface area contributed by atoms with E-state index in [2.05, 4.69) is 27.7 Å². The Balaban J connectivity index is 0.000000199.